The number of carbonyl (C=O) groups is 2. The SMILES string of the molecule is CC(C)(C)OC(=O)N(CCc1cc2ccc(Cn3ccc4c(C5CC5)cncc4c3=O)cc2n1C(=O)OC(C)(C)C)C1CCCCC1. The minimum Gasteiger partial charge on any atom is -0.444 e. The fourth-order valence-electron chi connectivity index (χ4n) is 6.75. The fraction of sp³-hybridized carbons (Fsp3) is 0.526. The lowest BCUT2D eigenvalue weighted by Crippen LogP contribution is -2.45. The van der Waals surface area contributed by atoms with Crippen LogP contribution in [0.1, 0.15) is 109 Å². The predicted molar refractivity (Wildman–Crippen MR) is 184 cm³/mol. The number of hydrogen-bond donors (Lipinski definition) is 0. The zero-order chi connectivity index (χ0) is 33.5. The van der Waals surface area contributed by atoms with Gasteiger partial charge >= 0.3 is 12.2 Å². The van der Waals surface area contributed by atoms with Gasteiger partial charge in [0.1, 0.15) is 11.2 Å². The normalized spacial score (nSPS) is 16.0. The average molecular weight is 641 g/mol. The van der Waals surface area contributed by atoms with Gasteiger partial charge in [0, 0.05) is 48.7 Å². The third-order valence-electron chi connectivity index (χ3n) is 9.07. The van der Waals surface area contributed by atoms with Crippen LogP contribution in [0, 0.1) is 0 Å². The molecule has 6 rings (SSSR count). The first kappa shape index (κ1) is 32.8. The highest BCUT2D eigenvalue weighted by Crippen LogP contribution is 2.42. The molecule has 1 aromatic carbocycles. The van der Waals surface area contributed by atoms with Gasteiger partial charge in [-0.25, -0.2) is 14.2 Å². The zero-order valence-corrected chi connectivity index (χ0v) is 28.7. The third-order valence-corrected chi connectivity index (χ3v) is 9.07. The number of benzene rings is 1. The minimum absolute atomic E-state index is 0.0780. The maximum Gasteiger partial charge on any atom is 0.419 e. The Bertz CT molecular complexity index is 1850. The number of carbonyl (C=O) groups excluding carboxylic acids is 2. The van der Waals surface area contributed by atoms with Gasteiger partial charge in [-0.05, 0) is 108 Å². The second kappa shape index (κ2) is 12.8. The Morgan fingerprint density at radius 2 is 1.62 bits per heavy atom. The smallest absolute Gasteiger partial charge is 0.419 e. The molecular formula is C38H48N4O5. The highest BCUT2D eigenvalue weighted by molar-refractivity contribution is 5.91. The van der Waals surface area contributed by atoms with E-state index >= 15 is 0 Å². The number of nitrogens with zero attached hydrogens (tertiary/aromatic N) is 4. The number of amides is 1. The van der Waals surface area contributed by atoms with Gasteiger partial charge in [-0.15, -0.1) is 0 Å². The molecule has 0 radical (unpaired) electrons. The molecule has 2 aliphatic carbocycles. The van der Waals surface area contributed by atoms with Gasteiger partial charge in [0.05, 0.1) is 17.4 Å². The van der Waals surface area contributed by atoms with Crippen molar-refractivity contribution in [2.45, 2.75) is 123 Å². The predicted octanol–water partition coefficient (Wildman–Crippen LogP) is 8.17. The summed E-state index contributed by atoms with van der Waals surface area (Å²) in [6.45, 7) is 12.0. The lowest BCUT2D eigenvalue weighted by molar-refractivity contribution is 0.0124. The van der Waals surface area contributed by atoms with Gasteiger partial charge in [-0.3, -0.25) is 9.78 Å². The Hall–Kier alpha value is -4.14. The second-order valence-electron chi connectivity index (χ2n) is 15.3. The lowest BCUT2D eigenvalue weighted by Gasteiger charge is -2.35. The van der Waals surface area contributed by atoms with E-state index in [0.717, 1.165) is 66.1 Å². The Balaban J connectivity index is 1.33. The molecule has 0 saturated heterocycles. The van der Waals surface area contributed by atoms with E-state index in [0.29, 0.717) is 36.3 Å². The van der Waals surface area contributed by atoms with Crippen molar-refractivity contribution in [3.63, 3.8) is 0 Å². The average Bonchev–Trinajstić information content (AvgIpc) is 3.78. The number of rotatable bonds is 7. The summed E-state index contributed by atoms with van der Waals surface area (Å²) in [5, 5.41) is 2.50. The van der Waals surface area contributed by atoms with Crippen molar-refractivity contribution in [2.24, 2.45) is 0 Å². The molecule has 2 aliphatic rings. The van der Waals surface area contributed by atoms with Crippen molar-refractivity contribution < 1.29 is 19.1 Å². The van der Waals surface area contributed by atoms with Crippen molar-refractivity contribution >= 4 is 33.9 Å². The molecular weight excluding hydrogens is 592 g/mol. The van der Waals surface area contributed by atoms with Gasteiger partial charge in [0.15, 0.2) is 0 Å². The van der Waals surface area contributed by atoms with E-state index in [9.17, 15) is 14.4 Å². The summed E-state index contributed by atoms with van der Waals surface area (Å²) in [4.78, 5) is 47.0. The Kier molecular flexibility index (Phi) is 8.94. The molecule has 0 spiro atoms. The molecule has 4 aromatic rings. The topological polar surface area (TPSA) is 95.7 Å². The van der Waals surface area contributed by atoms with E-state index in [2.05, 4.69) is 4.98 Å². The first-order chi connectivity index (χ1) is 22.3. The van der Waals surface area contributed by atoms with Gasteiger partial charge < -0.3 is 18.9 Å². The van der Waals surface area contributed by atoms with Crippen LogP contribution >= 0.6 is 0 Å². The highest BCUT2D eigenvalue weighted by Gasteiger charge is 2.31. The largest absolute Gasteiger partial charge is 0.444 e. The molecule has 2 fully saturated rings. The van der Waals surface area contributed by atoms with Crippen LogP contribution in [0.2, 0.25) is 0 Å². The van der Waals surface area contributed by atoms with E-state index in [1.54, 1.807) is 15.3 Å². The van der Waals surface area contributed by atoms with Crippen LogP contribution in [0.5, 0.6) is 0 Å². The van der Waals surface area contributed by atoms with Crippen molar-refractivity contribution in [3.8, 4) is 0 Å². The number of aromatic nitrogens is 3. The molecule has 0 N–H and O–H groups in total. The van der Waals surface area contributed by atoms with Gasteiger partial charge in [0.2, 0.25) is 0 Å². The van der Waals surface area contributed by atoms with Gasteiger partial charge in [-0.2, -0.15) is 0 Å². The van der Waals surface area contributed by atoms with Crippen LogP contribution < -0.4 is 5.56 Å². The van der Waals surface area contributed by atoms with Crippen LogP contribution in [-0.4, -0.2) is 55.0 Å². The van der Waals surface area contributed by atoms with Crippen molar-refractivity contribution in [1.82, 2.24) is 19.0 Å². The number of ether oxygens (including phenoxy) is 2. The zero-order valence-electron chi connectivity index (χ0n) is 28.7. The van der Waals surface area contributed by atoms with Crippen molar-refractivity contribution in [1.29, 1.82) is 0 Å². The van der Waals surface area contributed by atoms with Crippen LogP contribution in [0.25, 0.3) is 21.7 Å². The summed E-state index contributed by atoms with van der Waals surface area (Å²) < 4.78 is 15.0. The third kappa shape index (κ3) is 7.55. The number of fused-ring (bicyclic) bond motifs is 2. The standard InChI is InChI=1S/C38H48N4O5/c1-37(2,3)46-35(44)41(28-10-8-7-9-11-28)19-16-29-21-27-13-12-25(20-33(27)42(29)36(45)47-38(4,5)6)24-40-18-17-30-31(26-14-15-26)22-39-23-32(30)34(40)43/h12-13,17-18,20-23,26,28H,7-11,14-16,19,24H2,1-6H3. The second-order valence-corrected chi connectivity index (χ2v) is 15.3. The lowest BCUT2D eigenvalue weighted by atomic mass is 9.94. The summed E-state index contributed by atoms with van der Waals surface area (Å²) in [5.41, 5.74) is 2.14. The molecule has 3 heterocycles. The summed E-state index contributed by atoms with van der Waals surface area (Å²) >= 11 is 0. The van der Waals surface area contributed by atoms with E-state index in [1.165, 1.54) is 6.42 Å². The van der Waals surface area contributed by atoms with Crippen molar-refractivity contribution in [3.05, 3.63) is 76.1 Å². The molecule has 2 saturated carbocycles. The maximum atomic E-state index is 13.8. The molecule has 47 heavy (non-hydrogen) atoms. The van der Waals surface area contributed by atoms with E-state index < -0.39 is 17.3 Å². The summed E-state index contributed by atoms with van der Waals surface area (Å²) in [6, 6.07) is 10.1. The monoisotopic (exact) mass is 640 g/mol. The van der Waals surface area contributed by atoms with Crippen LogP contribution in [-0.2, 0) is 22.4 Å². The van der Waals surface area contributed by atoms with Crippen LogP contribution in [0.15, 0.2) is 53.7 Å². The van der Waals surface area contributed by atoms with Crippen molar-refractivity contribution in [2.75, 3.05) is 6.54 Å². The molecule has 1 amide bonds. The van der Waals surface area contributed by atoms with E-state index in [4.69, 9.17) is 9.47 Å². The molecule has 3 aromatic heterocycles. The highest BCUT2D eigenvalue weighted by atomic mass is 16.6. The fourth-order valence-corrected chi connectivity index (χ4v) is 6.75. The Morgan fingerprint density at radius 3 is 2.30 bits per heavy atom. The van der Waals surface area contributed by atoms with E-state index in [1.807, 2.05) is 89.2 Å². The molecule has 0 atom stereocenters. The first-order valence-corrected chi connectivity index (χ1v) is 17.1. The van der Waals surface area contributed by atoms with Crippen LogP contribution in [0.4, 0.5) is 9.59 Å². The quantitative estimate of drug-likeness (QED) is 0.202. The van der Waals surface area contributed by atoms with E-state index in [-0.39, 0.29) is 17.7 Å². The maximum absolute atomic E-state index is 13.8. The number of hydrogen-bond acceptors (Lipinski definition) is 6. The Morgan fingerprint density at radius 1 is 0.894 bits per heavy atom. The minimum atomic E-state index is -0.695. The molecule has 0 aliphatic heterocycles. The van der Waals surface area contributed by atoms with Crippen LogP contribution in [0.3, 0.4) is 0 Å². The number of pyridine rings is 2. The molecule has 0 unspecified atom stereocenters. The summed E-state index contributed by atoms with van der Waals surface area (Å²) in [5.74, 6) is 0.498. The Labute approximate surface area is 276 Å². The molecule has 250 valence electrons. The molecule has 0 bridgehead atoms. The van der Waals surface area contributed by atoms with Gasteiger partial charge in [0.25, 0.3) is 5.56 Å². The summed E-state index contributed by atoms with van der Waals surface area (Å²) in [7, 11) is 0. The van der Waals surface area contributed by atoms with Gasteiger partial charge in [-0.1, -0.05) is 31.4 Å². The molecule has 9 heteroatoms. The first-order valence-electron chi connectivity index (χ1n) is 17.1. The molecule has 9 nitrogen and oxygen atoms in total. The summed E-state index contributed by atoms with van der Waals surface area (Å²) in [6.07, 6.45) is 12.6.